The van der Waals surface area contributed by atoms with Gasteiger partial charge in [0.05, 0.1) is 5.75 Å². The number of nitrogens with two attached hydrogens (primary N) is 1. The van der Waals surface area contributed by atoms with E-state index in [9.17, 15) is 8.42 Å². The topological polar surface area (TPSA) is 106 Å². The maximum absolute atomic E-state index is 10.8. The summed E-state index contributed by atoms with van der Waals surface area (Å²) in [6.07, 6.45) is 3.06. The number of nitrogens with zero attached hydrogens (tertiary/aromatic N) is 1. The SMILES string of the molecule is CCCCOCCCN=C(NCC)NCCS(N)(=O)=O.I. The Bertz CT molecular complexity index is 364. The molecule has 0 spiro atoms. The zero-order valence-corrected chi connectivity index (χ0v) is 16.1. The molecule has 0 heterocycles. The molecular formula is C12H29IN4O3S. The number of hydrogen-bond acceptors (Lipinski definition) is 4. The van der Waals surface area contributed by atoms with Gasteiger partial charge in [0, 0.05) is 32.8 Å². The van der Waals surface area contributed by atoms with Crippen LogP contribution in [0.15, 0.2) is 4.99 Å². The van der Waals surface area contributed by atoms with Gasteiger partial charge in [-0.2, -0.15) is 0 Å². The Hall–Kier alpha value is -0.130. The molecule has 0 amide bonds. The summed E-state index contributed by atoms with van der Waals surface area (Å²) in [4.78, 5) is 4.33. The van der Waals surface area contributed by atoms with E-state index in [0.29, 0.717) is 25.7 Å². The van der Waals surface area contributed by atoms with E-state index >= 15 is 0 Å². The Morgan fingerprint density at radius 3 is 2.43 bits per heavy atom. The number of guanidine groups is 1. The molecule has 0 aliphatic carbocycles. The quantitative estimate of drug-likeness (QED) is 0.191. The lowest BCUT2D eigenvalue weighted by atomic mass is 10.4. The Morgan fingerprint density at radius 2 is 1.86 bits per heavy atom. The van der Waals surface area contributed by atoms with Gasteiger partial charge in [0.25, 0.3) is 0 Å². The summed E-state index contributed by atoms with van der Waals surface area (Å²) in [5.74, 6) is 0.488. The minimum absolute atomic E-state index is 0. The molecule has 0 aliphatic rings. The van der Waals surface area contributed by atoms with Crippen LogP contribution in [-0.4, -0.2) is 53.0 Å². The molecule has 0 bridgehead atoms. The summed E-state index contributed by atoms with van der Waals surface area (Å²) in [6, 6.07) is 0. The number of aliphatic imine (C=N–C) groups is 1. The fourth-order valence-electron chi connectivity index (χ4n) is 1.36. The molecule has 0 saturated carbocycles. The first-order valence-corrected chi connectivity index (χ1v) is 8.81. The first-order chi connectivity index (χ1) is 9.49. The van der Waals surface area contributed by atoms with Crippen molar-refractivity contribution in [2.24, 2.45) is 10.1 Å². The molecule has 0 saturated heterocycles. The smallest absolute Gasteiger partial charge is 0.210 e. The van der Waals surface area contributed by atoms with E-state index < -0.39 is 10.0 Å². The van der Waals surface area contributed by atoms with Gasteiger partial charge in [-0.3, -0.25) is 4.99 Å². The molecule has 21 heavy (non-hydrogen) atoms. The van der Waals surface area contributed by atoms with Crippen LogP contribution < -0.4 is 15.8 Å². The molecule has 0 aromatic rings. The first kappa shape index (κ1) is 23.1. The van der Waals surface area contributed by atoms with Gasteiger partial charge in [-0.15, -0.1) is 24.0 Å². The second-order valence-corrected chi connectivity index (χ2v) is 6.11. The third-order valence-electron chi connectivity index (χ3n) is 2.38. The van der Waals surface area contributed by atoms with Gasteiger partial charge in [-0.25, -0.2) is 13.6 Å². The first-order valence-electron chi connectivity index (χ1n) is 7.10. The molecular weight excluding hydrogens is 407 g/mol. The summed E-state index contributed by atoms with van der Waals surface area (Å²) in [5.41, 5.74) is 0. The van der Waals surface area contributed by atoms with Crippen LogP contribution in [0.3, 0.4) is 0 Å². The molecule has 7 nitrogen and oxygen atoms in total. The van der Waals surface area contributed by atoms with Gasteiger partial charge in [-0.05, 0) is 19.8 Å². The van der Waals surface area contributed by atoms with Gasteiger partial charge >= 0.3 is 0 Å². The Labute approximate surface area is 145 Å². The summed E-state index contributed by atoms with van der Waals surface area (Å²) < 4.78 is 27.1. The van der Waals surface area contributed by atoms with Crippen molar-refractivity contribution in [1.29, 1.82) is 0 Å². The number of primary sulfonamides is 1. The van der Waals surface area contributed by atoms with Crippen molar-refractivity contribution < 1.29 is 13.2 Å². The van der Waals surface area contributed by atoms with Crippen molar-refractivity contribution in [3.8, 4) is 0 Å². The van der Waals surface area contributed by atoms with E-state index in [1.54, 1.807) is 0 Å². The van der Waals surface area contributed by atoms with Crippen LogP contribution in [0.2, 0.25) is 0 Å². The standard InChI is InChI=1S/C12H28N4O3S.HI/c1-3-5-9-19-10-6-7-15-12(14-4-2)16-8-11-20(13,17)18;/h3-11H2,1-2H3,(H2,13,17,18)(H2,14,15,16);1H. The molecule has 0 aliphatic heterocycles. The van der Waals surface area contributed by atoms with Crippen molar-refractivity contribution >= 4 is 40.0 Å². The second kappa shape index (κ2) is 14.8. The molecule has 0 atom stereocenters. The van der Waals surface area contributed by atoms with Crippen molar-refractivity contribution in [3.05, 3.63) is 0 Å². The van der Waals surface area contributed by atoms with Gasteiger partial charge in [0.15, 0.2) is 5.96 Å². The van der Waals surface area contributed by atoms with E-state index in [1.807, 2.05) is 6.92 Å². The van der Waals surface area contributed by atoms with Crippen LogP contribution in [0, 0.1) is 0 Å². The maximum Gasteiger partial charge on any atom is 0.210 e. The Balaban J connectivity index is 0. The molecule has 0 rings (SSSR count). The summed E-state index contributed by atoms with van der Waals surface area (Å²) in [5, 5.41) is 10.9. The van der Waals surface area contributed by atoms with E-state index in [1.165, 1.54) is 0 Å². The van der Waals surface area contributed by atoms with Crippen molar-refractivity contribution in [1.82, 2.24) is 10.6 Å². The number of rotatable bonds is 11. The lowest BCUT2D eigenvalue weighted by Crippen LogP contribution is -2.40. The molecule has 128 valence electrons. The summed E-state index contributed by atoms with van der Waals surface area (Å²) in [7, 11) is -3.44. The Morgan fingerprint density at radius 1 is 1.19 bits per heavy atom. The van der Waals surface area contributed by atoms with E-state index in [4.69, 9.17) is 9.88 Å². The largest absolute Gasteiger partial charge is 0.381 e. The van der Waals surface area contributed by atoms with E-state index in [0.717, 1.165) is 25.9 Å². The predicted octanol–water partition coefficient (Wildman–Crippen LogP) is 0.655. The zero-order valence-electron chi connectivity index (χ0n) is 12.9. The lowest BCUT2D eigenvalue weighted by molar-refractivity contribution is 0.130. The van der Waals surface area contributed by atoms with Crippen LogP contribution in [0.4, 0.5) is 0 Å². The van der Waals surface area contributed by atoms with Gasteiger partial charge in [0.2, 0.25) is 10.0 Å². The number of nitrogens with one attached hydrogen (secondary N) is 2. The van der Waals surface area contributed by atoms with Crippen LogP contribution in [0.1, 0.15) is 33.1 Å². The average molecular weight is 436 g/mol. The van der Waals surface area contributed by atoms with E-state index in [2.05, 4.69) is 22.5 Å². The summed E-state index contributed by atoms with van der Waals surface area (Å²) >= 11 is 0. The Kier molecular flexibility index (Phi) is 16.3. The molecule has 4 N–H and O–H groups in total. The highest BCUT2D eigenvalue weighted by molar-refractivity contribution is 14.0. The number of halogens is 1. The van der Waals surface area contributed by atoms with Crippen molar-refractivity contribution in [2.75, 3.05) is 38.6 Å². The van der Waals surface area contributed by atoms with E-state index in [-0.39, 0.29) is 36.3 Å². The summed E-state index contributed by atoms with van der Waals surface area (Å²) in [6.45, 7) is 7.17. The van der Waals surface area contributed by atoms with Crippen LogP contribution >= 0.6 is 24.0 Å². The normalized spacial score (nSPS) is 11.9. The van der Waals surface area contributed by atoms with Crippen molar-refractivity contribution in [3.63, 3.8) is 0 Å². The number of ether oxygens (including phenoxy) is 1. The number of hydrogen-bond donors (Lipinski definition) is 3. The third-order valence-corrected chi connectivity index (χ3v) is 3.16. The van der Waals surface area contributed by atoms with Crippen LogP contribution in [0.5, 0.6) is 0 Å². The van der Waals surface area contributed by atoms with Gasteiger partial charge in [-0.1, -0.05) is 13.3 Å². The fourth-order valence-corrected chi connectivity index (χ4v) is 1.75. The minimum Gasteiger partial charge on any atom is -0.381 e. The molecule has 0 unspecified atom stereocenters. The average Bonchev–Trinajstić information content (AvgIpc) is 2.36. The van der Waals surface area contributed by atoms with Gasteiger partial charge < -0.3 is 15.4 Å². The molecule has 0 fully saturated rings. The highest BCUT2D eigenvalue weighted by atomic mass is 127. The molecule has 0 radical (unpaired) electrons. The lowest BCUT2D eigenvalue weighted by Gasteiger charge is -2.10. The van der Waals surface area contributed by atoms with Crippen LogP contribution in [-0.2, 0) is 14.8 Å². The molecule has 0 aromatic heterocycles. The monoisotopic (exact) mass is 436 g/mol. The number of sulfonamides is 1. The third kappa shape index (κ3) is 17.8. The van der Waals surface area contributed by atoms with Crippen LogP contribution in [0.25, 0.3) is 0 Å². The molecule has 0 aromatic carbocycles. The zero-order chi connectivity index (χ0) is 15.3. The minimum atomic E-state index is -3.44. The predicted molar refractivity (Wildman–Crippen MR) is 97.7 cm³/mol. The maximum atomic E-state index is 10.8. The second-order valence-electron chi connectivity index (χ2n) is 4.37. The van der Waals surface area contributed by atoms with Gasteiger partial charge in [0.1, 0.15) is 0 Å². The molecule has 9 heteroatoms. The highest BCUT2D eigenvalue weighted by Crippen LogP contribution is 1.90. The fraction of sp³-hybridized carbons (Fsp3) is 0.917. The van der Waals surface area contributed by atoms with Crippen molar-refractivity contribution in [2.45, 2.75) is 33.1 Å². The highest BCUT2D eigenvalue weighted by Gasteiger charge is 2.03. The number of unbranched alkanes of at least 4 members (excludes halogenated alkanes) is 1.